The predicted molar refractivity (Wildman–Crippen MR) is 74.4 cm³/mol. The van der Waals surface area contributed by atoms with Gasteiger partial charge in [-0.05, 0) is 6.42 Å². The Hall–Kier alpha value is -0.200. The standard InChI is InChI=1S/C14H30N2O3/c1-2-3-4-5-6-7-8-9-16-12(11-17)14(19)13(18)10-15-16/h12-15,17-19H,2-11H2,1H3/p+1/t12?,13-,14+/m1/s1. The van der Waals surface area contributed by atoms with Crippen LogP contribution in [0.1, 0.15) is 51.9 Å². The van der Waals surface area contributed by atoms with Crippen molar-refractivity contribution in [2.45, 2.75) is 70.1 Å². The number of rotatable bonds is 9. The summed E-state index contributed by atoms with van der Waals surface area (Å²) in [5.74, 6) is 0. The summed E-state index contributed by atoms with van der Waals surface area (Å²) in [6.07, 6.45) is 7.23. The van der Waals surface area contributed by atoms with Crippen LogP contribution in [0.4, 0.5) is 0 Å². The first kappa shape index (κ1) is 16.9. The number of hydrogen-bond acceptors (Lipinski definition) is 4. The molecule has 1 aliphatic heterocycles. The van der Waals surface area contributed by atoms with Gasteiger partial charge in [0, 0.05) is 6.54 Å². The van der Waals surface area contributed by atoms with Crippen molar-refractivity contribution in [2.75, 3.05) is 19.7 Å². The average molecular weight is 275 g/mol. The Kier molecular flexibility index (Phi) is 8.57. The number of hydrogen-bond donors (Lipinski definition) is 4. The van der Waals surface area contributed by atoms with Crippen LogP contribution in [0.3, 0.4) is 0 Å². The van der Waals surface area contributed by atoms with Gasteiger partial charge in [0.1, 0.15) is 24.8 Å². The van der Waals surface area contributed by atoms with Crippen molar-refractivity contribution in [1.82, 2.24) is 5.01 Å². The molecule has 0 aromatic carbocycles. The van der Waals surface area contributed by atoms with Crippen LogP contribution in [0.15, 0.2) is 0 Å². The lowest BCUT2D eigenvalue weighted by atomic mass is 10.0. The quantitative estimate of drug-likeness (QED) is 0.341. The molecule has 0 amide bonds. The molecular weight excluding hydrogens is 244 g/mol. The van der Waals surface area contributed by atoms with Gasteiger partial charge in [-0.25, -0.2) is 0 Å². The Morgan fingerprint density at radius 3 is 2.32 bits per heavy atom. The van der Waals surface area contributed by atoms with E-state index < -0.39 is 12.2 Å². The average Bonchev–Trinajstić information content (AvgIpc) is 2.42. The summed E-state index contributed by atoms with van der Waals surface area (Å²) in [4.78, 5) is 0. The molecule has 1 aliphatic rings. The molecule has 1 heterocycles. The van der Waals surface area contributed by atoms with E-state index in [1.807, 2.05) is 10.4 Å². The molecule has 1 unspecified atom stereocenters. The first-order chi connectivity index (χ1) is 9.20. The van der Waals surface area contributed by atoms with Crippen LogP contribution in [0.2, 0.25) is 0 Å². The van der Waals surface area contributed by atoms with E-state index in [0.29, 0.717) is 6.54 Å². The minimum absolute atomic E-state index is 0.106. The van der Waals surface area contributed by atoms with Gasteiger partial charge in [-0.3, -0.25) is 5.43 Å². The molecule has 5 heteroatoms. The SMILES string of the molecule is CCCCCCCCCN1[NH2+]C[C@@H](O)[C@@H](O)C1CO. The van der Waals surface area contributed by atoms with E-state index in [-0.39, 0.29) is 12.6 Å². The molecule has 0 aliphatic carbocycles. The topological polar surface area (TPSA) is 80.5 Å². The summed E-state index contributed by atoms with van der Waals surface area (Å²) in [5, 5.41) is 30.7. The molecule has 5 N–H and O–H groups in total. The number of aliphatic hydroxyl groups excluding tert-OH is 3. The van der Waals surface area contributed by atoms with E-state index in [1.165, 1.54) is 38.5 Å². The summed E-state index contributed by atoms with van der Waals surface area (Å²) < 4.78 is 0. The van der Waals surface area contributed by atoms with E-state index in [0.717, 1.165) is 13.0 Å². The Morgan fingerprint density at radius 1 is 1.05 bits per heavy atom. The van der Waals surface area contributed by atoms with Crippen molar-refractivity contribution in [3.05, 3.63) is 0 Å². The van der Waals surface area contributed by atoms with Gasteiger partial charge >= 0.3 is 0 Å². The molecule has 1 fully saturated rings. The van der Waals surface area contributed by atoms with Gasteiger partial charge in [0.05, 0.1) is 6.61 Å². The number of nitrogens with two attached hydrogens (primary N) is 1. The molecule has 0 aromatic heterocycles. The van der Waals surface area contributed by atoms with Gasteiger partial charge in [-0.15, -0.1) is 0 Å². The van der Waals surface area contributed by atoms with Crippen LogP contribution >= 0.6 is 0 Å². The molecule has 1 saturated heterocycles. The lowest BCUT2D eigenvalue weighted by molar-refractivity contribution is -0.826. The van der Waals surface area contributed by atoms with Crippen LogP contribution in [0, 0.1) is 0 Å². The highest BCUT2D eigenvalue weighted by Gasteiger charge is 2.38. The molecule has 114 valence electrons. The van der Waals surface area contributed by atoms with E-state index in [1.54, 1.807) is 0 Å². The van der Waals surface area contributed by atoms with Gasteiger partial charge < -0.3 is 15.3 Å². The van der Waals surface area contributed by atoms with Crippen LogP contribution in [-0.4, -0.2) is 58.3 Å². The normalized spacial score (nSPS) is 28.7. The van der Waals surface area contributed by atoms with Crippen LogP contribution in [0.5, 0.6) is 0 Å². The number of quaternary nitrogens is 1. The van der Waals surface area contributed by atoms with Crippen molar-refractivity contribution in [3.8, 4) is 0 Å². The van der Waals surface area contributed by atoms with Gasteiger partial charge in [0.25, 0.3) is 0 Å². The lowest BCUT2D eigenvalue weighted by Gasteiger charge is -2.37. The zero-order chi connectivity index (χ0) is 14.1. The molecule has 19 heavy (non-hydrogen) atoms. The lowest BCUT2D eigenvalue weighted by Crippen LogP contribution is -3.01. The minimum atomic E-state index is -0.834. The fourth-order valence-electron chi connectivity index (χ4n) is 2.69. The van der Waals surface area contributed by atoms with Crippen molar-refractivity contribution >= 4 is 0 Å². The molecule has 0 radical (unpaired) electrons. The molecule has 5 nitrogen and oxygen atoms in total. The highest BCUT2D eigenvalue weighted by Crippen LogP contribution is 2.11. The van der Waals surface area contributed by atoms with E-state index in [2.05, 4.69) is 6.92 Å². The first-order valence-corrected chi connectivity index (χ1v) is 7.76. The Balaban J connectivity index is 2.14. The van der Waals surface area contributed by atoms with Crippen LogP contribution < -0.4 is 5.43 Å². The third-order valence-corrected chi connectivity index (χ3v) is 4.00. The summed E-state index contributed by atoms with van der Waals surface area (Å²) in [7, 11) is 0. The number of nitrogens with zero attached hydrogens (tertiary/aromatic N) is 1. The monoisotopic (exact) mass is 275 g/mol. The van der Waals surface area contributed by atoms with E-state index in [4.69, 9.17) is 0 Å². The third kappa shape index (κ3) is 5.75. The second kappa shape index (κ2) is 9.66. The molecule has 0 bridgehead atoms. The maximum atomic E-state index is 9.84. The van der Waals surface area contributed by atoms with E-state index >= 15 is 0 Å². The van der Waals surface area contributed by atoms with Crippen molar-refractivity contribution < 1.29 is 20.7 Å². The summed E-state index contributed by atoms with van der Waals surface area (Å²) in [6.45, 7) is 3.46. The number of aliphatic hydroxyl groups is 3. The van der Waals surface area contributed by atoms with Crippen LogP contribution in [-0.2, 0) is 0 Å². The Bertz CT molecular complexity index is 229. The highest BCUT2D eigenvalue weighted by atomic mass is 16.3. The fraction of sp³-hybridized carbons (Fsp3) is 1.00. The largest absolute Gasteiger partial charge is 0.394 e. The molecule has 0 saturated carbocycles. The van der Waals surface area contributed by atoms with E-state index in [9.17, 15) is 15.3 Å². The predicted octanol–water partition coefficient (Wildman–Crippen LogP) is -0.386. The maximum absolute atomic E-state index is 9.84. The van der Waals surface area contributed by atoms with Crippen molar-refractivity contribution in [1.29, 1.82) is 0 Å². The third-order valence-electron chi connectivity index (χ3n) is 4.00. The number of unbranched alkanes of at least 4 members (excludes halogenated alkanes) is 6. The Morgan fingerprint density at radius 2 is 1.68 bits per heavy atom. The van der Waals surface area contributed by atoms with Gasteiger partial charge in [0.2, 0.25) is 0 Å². The highest BCUT2D eigenvalue weighted by molar-refractivity contribution is 4.82. The molecular formula is C14H31N2O3+. The summed E-state index contributed by atoms with van der Waals surface area (Å²) in [5.41, 5.74) is 1.93. The second-order valence-corrected chi connectivity index (χ2v) is 5.59. The van der Waals surface area contributed by atoms with Gasteiger partial charge in [-0.2, -0.15) is 5.01 Å². The zero-order valence-corrected chi connectivity index (χ0v) is 12.2. The molecule has 0 aromatic rings. The van der Waals surface area contributed by atoms with Gasteiger partial charge in [-0.1, -0.05) is 45.4 Å². The first-order valence-electron chi connectivity index (χ1n) is 7.76. The molecule has 1 rings (SSSR count). The molecule has 0 spiro atoms. The maximum Gasteiger partial charge on any atom is 0.132 e. The summed E-state index contributed by atoms with van der Waals surface area (Å²) in [6, 6.07) is -0.344. The Labute approximate surface area is 116 Å². The second-order valence-electron chi connectivity index (χ2n) is 5.59. The summed E-state index contributed by atoms with van der Waals surface area (Å²) >= 11 is 0. The fourth-order valence-corrected chi connectivity index (χ4v) is 2.69. The van der Waals surface area contributed by atoms with Gasteiger partial charge in [0.15, 0.2) is 0 Å². The van der Waals surface area contributed by atoms with Crippen molar-refractivity contribution in [2.24, 2.45) is 0 Å². The smallest absolute Gasteiger partial charge is 0.132 e. The zero-order valence-electron chi connectivity index (χ0n) is 12.2. The molecule has 3 atom stereocenters. The van der Waals surface area contributed by atoms with Crippen LogP contribution in [0.25, 0.3) is 0 Å². The minimum Gasteiger partial charge on any atom is -0.394 e. The van der Waals surface area contributed by atoms with Crippen molar-refractivity contribution in [3.63, 3.8) is 0 Å².